The van der Waals surface area contributed by atoms with Crippen LogP contribution in [-0.2, 0) is 6.42 Å². The molecule has 0 amide bonds. The van der Waals surface area contributed by atoms with Crippen LogP contribution in [0.1, 0.15) is 63.0 Å². The second-order valence-corrected chi connectivity index (χ2v) is 6.08. The molecule has 0 spiro atoms. The van der Waals surface area contributed by atoms with E-state index in [1.807, 2.05) is 0 Å². The van der Waals surface area contributed by atoms with E-state index in [4.69, 9.17) is 0 Å². The van der Waals surface area contributed by atoms with Crippen molar-refractivity contribution in [2.75, 3.05) is 0 Å². The highest BCUT2D eigenvalue weighted by molar-refractivity contribution is 9.10. The van der Waals surface area contributed by atoms with Crippen molar-refractivity contribution in [3.05, 3.63) is 39.9 Å². The number of fused-ring (bicyclic) bond motifs is 1. The van der Waals surface area contributed by atoms with Gasteiger partial charge in [0.2, 0.25) is 0 Å². The van der Waals surface area contributed by atoms with Gasteiger partial charge >= 0.3 is 0 Å². The molecule has 0 fully saturated rings. The van der Waals surface area contributed by atoms with Crippen molar-refractivity contribution in [3.63, 3.8) is 0 Å². The third-order valence-corrected chi connectivity index (χ3v) is 4.45. The van der Waals surface area contributed by atoms with Crippen LogP contribution in [0, 0.1) is 0 Å². The molecular formula is C17H23Br. The number of hydrogen-bond acceptors (Lipinski definition) is 0. The number of allylic oxidation sites excluding steroid dienone is 2. The van der Waals surface area contributed by atoms with E-state index in [0.717, 1.165) is 6.42 Å². The summed E-state index contributed by atoms with van der Waals surface area (Å²) < 4.78 is 1.27. The predicted octanol–water partition coefficient (Wildman–Crippen LogP) is 6.14. The lowest BCUT2D eigenvalue weighted by Gasteiger charge is -2.08. The molecule has 1 aromatic rings. The maximum absolute atomic E-state index is 3.69. The molecule has 0 saturated heterocycles. The molecule has 0 aliphatic heterocycles. The van der Waals surface area contributed by atoms with Gasteiger partial charge in [-0.05, 0) is 42.0 Å². The summed E-state index contributed by atoms with van der Waals surface area (Å²) in [6, 6.07) is 6.56. The first kappa shape index (κ1) is 13.9. The van der Waals surface area contributed by atoms with Gasteiger partial charge in [0.25, 0.3) is 0 Å². The van der Waals surface area contributed by atoms with Gasteiger partial charge in [0.05, 0.1) is 0 Å². The zero-order valence-electron chi connectivity index (χ0n) is 11.3. The molecule has 2 rings (SSSR count). The van der Waals surface area contributed by atoms with Gasteiger partial charge in [0.15, 0.2) is 0 Å². The lowest BCUT2D eigenvalue weighted by Crippen LogP contribution is -1.87. The molecule has 0 bridgehead atoms. The van der Waals surface area contributed by atoms with E-state index in [-0.39, 0.29) is 0 Å². The number of hydrogen-bond donors (Lipinski definition) is 0. The van der Waals surface area contributed by atoms with Gasteiger partial charge in [-0.2, -0.15) is 0 Å². The summed E-state index contributed by atoms with van der Waals surface area (Å²) in [5, 5.41) is 0. The van der Waals surface area contributed by atoms with Crippen LogP contribution in [0.3, 0.4) is 0 Å². The average molecular weight is 307 g/mol. The highest BCUT2D eigenvalue weighted by atomic mass is 79.9. The molecule has 1 aliphatic carbocycles. The Kier molecular flexibility index (Phi) is 5.49. The second-order valence-electron chi connectivity index (χ2n) is 5.23. The third kappa shape index (κ3) is 3.47. The first-order chi connectivity index (χ1) is 8.83. The van der Waals surface area contributed by atoms with E-state index in [0.29, 0.717) is 0 Å². The Labute approximate surface area is 120 Å². The normalized spacial score (nSPS) is 13.6. The van der Waals surface area contributed by atoms with Crippen LogP contribution >= 0.6 is 15.9 Å². The third-order valence-electron chi connectivity index (χ3n) is 3.79. The van der Waals surface area contributed by atoms with Crippen molar-refractivity contribution in [3.8, 4) is 0 Å². The summed E-state index contributed by atoms with van der Waals surface area (Å²) in [6.45, 7) is 2.28. The zero-order chi connectivity index (χ0) is 12.8. The number of rotatable bonds is 7. The summed E-state index contributed by atoms with van der Waals surface area (Å²) in [5.41, 5.74) is 4.53. The summed E-state index contributed by atoms with van der Waals surface area (Å²) in [7, 11) is 0. The minimum Gasteiger partial charge on any atom is -0.0762 e. The van der Waals surface area contributed by atoms with E-state index < -0.39 is 0 Å². The molecule has 0 unspecified atom stereocenters. The van der Waals surface area contributed by atoms with Gasteiger partial charge in [0.1, 0.15) is 0 Å². The van der Waals surface area contributed by atoms with Crippen molar-refractivity contribution in [1.82, 2.24) is 0 Å². The van der Waals surface area contributed by atoms with Crippen LogP contribution in [0.15, 0.2) is 28.7 Å². The molecule has 0 heterocycles. The average Bonchev–Trinajstić information content (AvgIpc) is 2.78. The van der Waals surface area contributed by atoms with Gasteiger partial charge < -0.3 is 0 Å². The SMILES string of the molecule is CCCCCCCCC1=CCc2cccc(Br)c21. The minimum atomic E-state index is 1.12. The van der Waals surface area contributed by atoms with Crippen molar-refractivity contribution < 1.29 is 0 Å². The first-order valence-corrected chi connectivity index (χ1v) is 8.09. The highest BCUT2D eigenvalue weighted by Crippen LogP contribution is 2.36. The fourth-order valence-electron chi connectivity index (χ4n) is 2.76. The second kappa shape index (κ2) is 7.13. The molecule has 1 aliphatic rings. The van der Waals surface area contributed by atoms with Crippen molar-refractivity contribution >= 4 is 21.5 Å². The molecule has 0 radical (unpaired) electrons. The molecule has 1 heteroatoms. The summed E-state index contributed by atoms with van der Waals surface area (Å²) in [5.74, 6) is 0. The van der Waals surface area contributed by atoms with Crippen molar-refractivity contribution in [1.29, 1.82) is 0 Å². The molecule has 98 valence electrons. The maximum Gasteiger partial charge on any atom is 0.0253 e. The molecule has 0 atom stereocenters. The van der Waals surface area contributed by atoms with Gasteiger partial charge in [-0.3, -0.25) is 0 Å². The van der Waals surface area contributed by atoms with E-state index in [2.05, 4.69) is 47.1 Å². The van der Waals surface area contributed by atoms with Crippen LogP contribution in [-0.4, -0.2) is 0 Å². The highest BCUT2D eigenvalue weighted by Gasteiger charge is 2.15. The van der Waals surface area contributed by atoms with E-state index >= 15 is 0 Å². The Morgan fingerprint density at radius 2 is 1.83 bits per heavy atom. The summed E-state index contributed by atoms with van der Waals surface area (Å²) in [6.07, 6.45) is 13.1. The fourth-order valence-corrected chi connectivity index (χ4v) is 3.42. The van der Waals surface area contributed by atoms with Gasteiger partial charge in [-0.1, -0.05) is 73.2 Å². The molecule has 0 aromatic heterocycles. The van der Waals surface area contributed by atoms with Crippen LogP contribution in [0.25, 0.3) is 5.57 Å². The minimum absolute atomic E-state index is 1.12. The van der Waals surface area contributed by atoms with E-state index in [9.17, 15) is 0 Å². The summed E-state index contributed by atoms with van der Waals surface area (Å²) >= 11 is 3.69. The Morgan fingerprint density at radius 1 is 1.06 bits per heavy atom. The maximum atomic E-state index is 3.69. The van der Waals surface area contributed by atoms with Crippen LogP contribution in [0.4, 0.5) is 0 Å². The van der Waals surface area contributed by atoms with Crippen LogP contribution in [0.5, 0.6) is 0 Å². The summed E-state index contributed by atoms with van der Waals surface area (Å²) in [4.78, 5) is 0. The molecule has 1 aromatic carbocycles. The van der Waals surface area contributed by atoms with E-state index in [1.54, 1.807) is 5.57 Å². The quantitative estimate of drug-likeness (QED) is 0.531. The zero-order valence-corrected chi connectivity index (χ0v) is 12.9. The Morgan fingerprint density at radius 3 is 2.67 bits per heavy atom. The van der Waals surface area contributed by atoms with Gasteiger partial charge in [-0.15, -0.1) is 0 Å². The monoisotopic (exact) mass is 306 g/mol. The predicted molar refractivity (Wildman–Crippen MR) is 83.8 cm³/mol. The largest absolute Gasteiger partial charge is 0.0762 e. The number of halogens is 1. The van der Waals surface area contributed by atoms with Crippen LogP contribution < -0.4 is 0 Å². The smallest absolute Gasteiger partial charge is 0.0253 e. The lowest BCUT2D eigenvalue weighted by molar-refractivity contribution is 0.613. The Balaban J connectivity index is 1.79. The number of benzene rings is 1. The Hall–Kier alpha value is -0.560. The Bertz CT molecular complexity index is 418. The first-order valence-electron chi connectivity index (χ1n) is 7.29. The molecule has 0 saturated carbocycles. The van der Waals surface area contributed by atoms with Gasteiger partial charge in [0, 0.05) is 4.47 Å². The standard InChI is InChI=1S/C17H23Br/c1-2-3-4-5-6-7-9-14-12-13-15-10-8-11-16(18)17(14)15/h8,10-12H,2-7,9,13H2,1H3. The van der Waals surface area contributed by atoms with E-state index in [1.165, 1.54) is 60.5 Å². The lowest BCUT2D eigenvalue weighted by atomic mass is 10.00. The van der Waals surface area contributed by atoms with Gasteiger partial charge in [-0.25, -0.2) is 0 Å². The molecule has 0 nitrogen and oxygen atoms in total. The van der Waals surface area contributed by atoms with Crippen molar-refractivity contribution in [2.45, 2.75) is 58.3 Å². The fraction of sp³-hybridized carbons (Fsp3) is 0.529. The molecule has 18 heavy (non-hydrogen) atoms. The topological polar surface area (TPSA) is 0 Å². The van der Waals surface area contributed by atoms with Crippen LogP contribution in [0.2, 0.25) is 0 Å². The van der Waals surface area contributed by atoms with Crippen molar-refractivity contribution in [2.24, 2.45) is 0 Å². The number of unbranched alkanes of at least 4 members (excludes halogenated alkanes) is 5. The molecular weight excluding hydrogens is 284 g/mol. The molecule has 0 N–H and O–H groups in total.